The molecule has 0 aromatic heterocycles. The Morgan fingerprint density at radius 2 is 1.61 bits per heavy atom. The fourth-order valence-corrected chi connectivity index (χ4v) is 2.04. The third-order valence-electron chi connectivity index (χ3n) is 2.21. The van der Waals surface area contributed by atoms with E-state index in [2.05, 4.69) is 0 Å². The zero-order chi connectivity index (χ0) is 11.9. The van der Waals surface area contributed by atoms with E-state index in [9.17, 15) is 18.6 Å². The van der Waals surface area contributed by atoms with Crippen LogP contribution in [0.1, 0.15) is 2.85 Å². The molecule has 5 nitrogen and oxygen atoms in total. The van der Waals surface area contributed by atoms with Crippen LogP contribution in [0.5, 0.6) is 11.5 Å². The average molecular weight is 288 g/mol. The van der Waals surface area contributed by atoms with Gasteiger partial charge in [0.2, 0.25) is 0 Å². The Hall–Kier alpha value is 0.210. The summed E-state index contributed by atoms with van der Waals surface area (Å²) in [6.45, 7) is 0. The standard InChI is InChI=1S/C10H8O5S.2Na.2H/c11-8-3-1-2-6-4-7(16(13,14)15)5-9(12)10(6)8;;;;/h1-5,11-12H,(H,13,14,15);;;;/q;2*+1;2*-1. The quantitative estimate of drug-likeness (QED) is 0.365. The molecule has 0 unspecified atom stereocenters. The third kappa shape index (κ3) is 3.61. The van der Waals surface area contributed by atoms with Crippen molar-refractivity contribution in [1.82, 2.24) is 0 Å². The van der Waals surface area contributed by atoms with Crippen molar-refractivity contribution in [2.45, 2.75) is 4.90 Å². The minimum absolute atomic E-state index is 0. The Kier molecular flexibility index (Phi) is 6.66. The summed E-state index contributed by atoms with van der Waals surface area (Å²) in [6.07, 6.45) is 0. The summed E-state index contributed by atoms with van der Waals surface area (Å²) in [4.78, 5) is -0.414. The first-order chi connectivity index (χ1) is 7.39. The van der Waals surface area contributed by atoms with Crippen molar-refractivity contribution >= 4 is 20.9 Å². The molecule has 0 radical (unpaired) electrons. The van der Waals surface area contributed by atoms with E-state index in [-0.39, 0.29) is 73.1 Å². The van der Waals surface area contributed by atoms with Crippen LogP contribution in [0.3, 0.4) is 0 Å². The van der Waals surface area contributed by atoms with E-state index in [1.807, 2.05) is 0 Å². The third-order valence-corrected chi connectivity index (χ3v) is 3.04. The molecule has 0 saturated heterocycles. The van der Waals surface area contributed by atoms with Crippen LogP contribution in [0.25, 0.3) is 10.8 Å². The van der Waals surface area contributed by atoms with Gasteiger partial charge in [0.15, 0.2) is 0 Å². The summed E-state index contributed by atoms with van der Waals surface area (Å²) in [5.41, 5.74) is 0. The Morgan fingerprint density at radius 3 is 2.17 bits per heavy atom. The summed E-state index contributed by atoms with van der Waals surface area (Å²) in [6, 6.07) is 6.45. The van der Waals surface area contributed by atoms with Gasteiger partial charge >= 0.3 is 59.1 Å². The second-order valence-corrected chi connectivity index (χ2v) is 4.71. The molecule has 0 bridgehead atoms. The molecule has 0 heterocycles. The number of phenolic OH excluding ortho intramolecular Hbond substituents is 2. The predicted molar refractivity (Wildman–Crippen MR) is 59.3 cm³/mol. The molecule has 0 spiro atoms. The maximum Gasteiger partial charge on any atom is 1.00 e. The van der Waals surface area contributed by atoms with Crippen LogP contribution in [-0.2, 0) is 10.1 Å². The second kappa shape index (κ2) is 6.58. The number of fused-ring (bicyclic) bond motifs is 1. The van der Waals surface area contributed by atoms with E-state index in [4.69, 9.17) is 4.55 Å². The molecular weight excluding hydrogens is 278 g/mol. The second-order valence-electron chi connectivity index (χ2n) is 3.29. The SMILES string of the molecule is O=S(=O)(O)c1cc(O)c2c(O)cccc2c1.[H-].[H-].[Na+].[Na+]. The van der Waals surface area contributed by atoms with Gasteiger partial charge in [0.25, 0.3) is 10.1 Å². The Morgan fingerprint density at radius 1 is 1.00 bits per heavy atom. The van der Waals surface area contributed by atoms with Crippen LogP contribution < -0.4 is 59.1 Å². The number of phenols is 2. The van der Waals surface area contributed by atoms with Gasteiger partial charge in [0, 0.05) is 6.07 Å². The van der Waals surface area contributed by atoms with Gasteiger partial charge in [-0.3, -0.25) is 4.55 Å². The summed E-state index contributed by atoms with van der Waals surface area (Å²) < 4.78 is 30.6. The first kappa shape index (κ1) is 18.2. The predicted octanol–water partition coefficient (Wildman–Crippen LogP) is -4.27. The molecule has 0 aliphatic rings. The normalized spacial score (nSPS) is 10.5. The van der Waals surface area contributed by atoms with E-state index < -0.39 is 20.8 Å². The van der Waals surface area contributed by atoms with E-state index in [1.54, 1.807) is 0 Å². The number of hydrogen-bond acceptors (Lipinski definition) is 4. The van der Waals surface area contributed by atoms with Crippen molar-refractivity contribution in [2.75, 3.05) is 0 Å². The number of rotatable bonds is 1. The van der Waals surface area contributed by atoms with Crippen molar-refractivity contribution in [2.24, 2.45) is 0 Å². The number of benzene rings is 2. The van der Waals surface area contributed by atoms with Crippen LogP contribution >= 0.6 is 0 Å². The van der Waals surface area contributed by atoms with E-state index >= 15 is 0 Å². The van der Waals surface area contributed by atoms with E-state index in [1.165, 1.54) is 24.3 Å². The largest absolute Gasteiger partial charge is 1.00 e. The van der Waals surface area contributed by atoms with Crippen LogP contribution in [0, 0.1) is 0 Å². The van der Waals surface area contributed by atoms with E-state index in [0.29, 0.717) is 5.39 Å². The molecule has 88 valence electrons. The smallest absolute Gasteiger partial charge is 1.00 e. The van der Waals surface area contributed by atoms with E-state index in [0.717, 1.165) is 6.07 Å². The van der Waals surface area contributed by atoms with Crippen molar-refractivity contribution in [3.8, 4) is 11.5 Å². The van der Waals surface area contributed by atoms with Crippen LogP contribution in [0.15, 0.2) is 35.2 Å². The molecule has 2 aromatic carbocycles. The molecule has 3 N–H and O–H groups in total. The first-order valence-corrected chi connectivity index (χ1v) is 5.76. The van der Waals surface area contributed by atoms with Gasteiger partial charge in [-0.2, -0.15) is 8.42 Å². The Bertz CT molecular complexity index is 679. The van der Waals surface area contributed by atoms with Gasteiger partial charge in [-0.1, -0.05) is 12.1 Å². The fourth-order valence-electron chi connectivity index (χ4n) is 1.51. The molecule has 0 fully saturated rings. The molecule has 18 heavy (non-hydrogen) atoms. The summed E-state index contributed by atoms with van der Waals surface area (Å²) in [5.74, 6) is -0.555. The molecule has 8 heteroatoms. The maximum atomic E-state index is 10.9. The van der Waals surface area contributed by atoms with Crippen molar-refractivity contribution in [3.05, 3.63) is 30.3 Å². The summed E-state index contributed by atoms with van der Waals surface area (Å²) in [5, 5.41) is 19.5. The molecule has 0 aliphatic carbocycles. The van der Waals surface area contributed by atoms with Crippen LogP contribution in [-0.4, -0.2) is 23.2 Å². The average Bonchev–Trinajstić information content (AvgIpc) is 2.15. The van der Waals surface area contributed by atoms with Gasteiger partial charge in [0.05, 0.1) is 10.3 Å². The zero-order valence-electron chi connectivity index (χ0n) is 12.0. The van der Waals surface area contributed by atoms with Gasteiger partial charge in [-0.15, -0.1) is 0 Å². The monoisotopic (exact) mass is 288 g/mol. The van der Waals surface area contributed by atoms with Gasteiger partial charge in [0.1, 0.15) is 11.5 Å². The topological polar surface area (TPSA) is 94.8 Å². The molecule has 2 aromatic rings. The molecule has 2 rings (SSSR count). The first-order valence-electron chi connectivity index (χ1n) is 4.32. The fraction of sp³-hybridized carbons (Fsp3) is 0. The summed E-state index contributed by atoms with van der Waals surface area (Å²) >= 11 is 0. The zero-order valence-corrected chi connectivity index (χ0v) is 14.8. The molecule has 0 aliphatic heterocycles. The van der Waals surface area contributed by atoms with Crippen molar-refractivity contribution in [3.63, 3.8) is 0 Å². The van der Waals surface area contributed by atoms with Crippen molar-refractivity contribution < 1.29 is 85.2 Å². The Labute approximate surface area is 151 Å². The molecule has 0 atom stereocenters. The van der Waals surface area contributed by atoms with Gasteiger partial charge in [-0.25, -0.2) is 0 Å². The number of hydrogen-bond donors (Lipinski definition) is 3. The number of aromatic hydroxyl groups is 2. The summed E-state index contributed by atoms with van der Waals surface area (Å²) in [7, 11) is -4.37. The maximum absolute atomic E-state index is 10.9. The minimum Gasteiger partial charge on any atom is -1.00 e. The van der Waals surface area contributed by atoms with Crippen LogP contribution in [0.2, 0.25) is 0 Å². The van der Waals surface area contributed by atoms with Gasteiger partial charge < -0.3 is 13.1 Å². The molecule has 0 amide bonds. The Balaban J connectivity index is -0.000000722. The van der Waals surface area contributed by atoms with Gasteiger partial charge in [-0.05, 0) is 17.5 Å². The van der Waals surface area contributed by atoms with Crippen LogP contribution in [0.4, 0.5) is 0 Å². The molecule has 0 saturated carbocycles. The minimum atomic E-state index is -4.37. The molecular formula is C10H10Na2O5S. The van der Waals surface area contributed by atoms with Crippen molar-refractivity contribution in [1.29, 1.82) is 0 Å².